The third kappa shape index (κ3) is 32.3. The minimum atomic E-state index is -5.45. The highest BCUT2D eigenvalue weighted by Crippen LogP contribution is 2.60. The lowest BCUT2D eigenvalue weighted by molar-refractivity contribution is -0.161. The van der Waals surface area contributed by atoms with Gasteiger partial charge in [-0.15, -0.1) is 0 Å². The zero-order valence-corrected chi connectivity index (χ0v) is 44.8. The standard InChI is InChI=1S/C52H85N3O16P2/c1-3-5-7-9-11-12-13-14-15-16-17-18-19-20-24-28-32-36-47(57)66-40-44(69-48(58)37-33-29-25-22-21-23-27-31-35-43(56)34-30-26-10-8-6-4-2)41-67-72(62,63)71-73(64,65)68-42-45-49(59)50(60)51(70-45)55-39-38-46(53)54-52(55)61/h6,8,14-15,22-23,25-27,30-31,35,38-39,43-45,49-51,56,59-60H,3-5,7,9-13,16-21,24,28-29,32-34,36-37,40-42H2,1-2H3,(H,62,63)(H,64,65)(H2,53,54,61)/b8-6-,15-14-,25-22-,27-23-,30-26-,35-31+/t43?,44-,45-,49-,50-,51-/m1/s1. The van der Waals surface area contributed by atoms with Crippen LogP contribution in [0.5, 0.6) is 0 Å². The van der Waals surface area contributed by atoms with Crippen molar-refractivity contribution in [3.63, 3.8) is 0 Å². The van der Waals surface area contributed by atoms with Gasteiger partial charge < -0.3 is 45.1 Å². The van der Waals surface area contributed by atoms with Crippen molar-refractivity contribution in [1.29, 1.82) is 0 Å². The molecule has 0 aliphatic carbocycles. The fraction of sp³-hybridized carbons (Fsp3) is 0.654. The first-order valence-electron chi connectivity index (χ1n) is 26.1. The van der Waals surface area contributed by atoms with Gasteiger partial charge >= 0.3 is 33.3 Å². The highest BCUT2D eigenvalue weighted by atomic mass is 31.3. The largest absolute Gasteiger partial charge is 0.481 e. The van der Waals surface area contributed by atoms with E-state index in [0.29, 0.717) is 32.1 Å². The number of anilines is 1. The molecule has 0 aromatic carbocycles. The summed E-state index contributed by atoms with van der Waals surface area (Å²) < 4.78 is 56.7. The van der Waals surface area contributed by atoms with E-state index in [-0.39, 0.29) is 18.7 Å². The number of carbonyl (C=O) groups is 2. The van der Waals surface area contributed by atoms with E-state index in [2.05, 4.69) is 47.4 Å². The maximum atomic E-state index is 12.9. The lowest BCUT2D eigenvalue weighted by atomic mass is 10.1. The first-order chi connectivity index (χ1) is 35.1. The van der Waals surface area contributed by atoms with Crippen LogP contribution in [0.1, 0.15) is 168 Å². The molecule has 0 amide bonds. The van der Waals surface area contributed by atoms with E-state index < -0.39 is 89.8 Å². The van der Waals surface area contributed by atoms with Crippen LogP contribution < -0.4 is 11.4 Å². The Morgan fingerprint density at radius 3 is 2.01 bits per heavy atom. The zero-order valence-electron chi connectivity index (χ0n) is 43.0. The first-order valence-corrected chi connectivity index (χ1v) is 29.0. The summed E-state index contributed by atoms with van der Waals surface area (Å²) in [6.45, 7) is 1.90. The average Bonchev–Trinajstić information content (AvgIpc) is 3.62. The lowest BCUT2D eigenvalue weighted by Gasteiger charge is -2.21. The van der Waals surface area contributed by atoms with Gasteiger partial charge in [0.25, 0.3) is 0 Å². The number of hydrogen-bond acceptors (Lipinski definition) is 16. The molecule has 0 bridgehead atoms. The van der Waals surface area contributed by atoms with Gasteiger partial charge in [-0.25, -0.2) is 13.9 Å². The molecule has 414 valence electrons. The van der Waals surface area contributed by atoms with Crippen LogP contribution in [0.2, 0.25) is 0 Å². The molecule has 0 saturated carbocycles. The zero-order chi connectivity index (χ0) is 53.6. The number of carbonyl (C=O) groups excluding carboxylic acids is 2. The molecule has 7 N–H and O–H groups in total. The number of ether oxygens (including phenoxy) is 3. The van der Waals surface area contributed by atoms with Gasteiger partial charge in [0, 0.05) is 19.0 Å². The Morgan fingerprint density at radius 2 is 1.33 bits per heavy atom. The van der Waals surface area contributed by atoms with E-state index in [1.165, 1.54) is 44.6 Å². The number of aliphatic hydroxyl groups excluding tert-OH is 3. The predicted octanol–water partition coefficient (Wildman–Crippen LogP) is 9.86. The summed E-state index contributed by atoms with van der Waals surface area (Å²) in [5, 5.41) is 31.0. The predicted molar refractivity (Wildman–Crippen MR) is 281 cm³/mol. The number of unbranched alkanes of at least 4 members (excludes halogenated alkanes) is 14. The van der Waals surface area contributed by atoms with Gasteiger partial charge in [0.05, 0.1) is 19.3 Å². The van der Waals surface area contributed by atoms with E-state index in [9.17, 15) is 48.6 Å². The van der Waals surface area contributed by atoms with Crippen LogP contribution in [0.3, 0.4) is 0 Å². The second kappa shape index (κ2) is 39.6. The molecule has 8 atom stereocenters. The van der Waals surface area contributed by atoms with Gasteiger partial charge in [0.2, 0.25) is 0 Å². The van der Waals surface area contributed by atoms with Gasteiger partial charge in [-0.3, -0.25) is 23.2 Å². The van der Waals surface area contributed by atoms with Gasteiger partial charge in [0.15, 0.2) is 12.3 Å². The highest BCUT2D eigenvalue weighted by Gasteiger charge is 2.46. The fourth-order valence-corrected chi connectivity index (χ4v) is 9.42. The van der Waals surface area contributed by atoms with E-state index in [1.54, 1.807) is 12.2 Å². The number of nitrogens with two attached hydrogens (primary N) is 1. The summed E-state index contributed by atoms with van der Waals surface area (Å²) in [5.74, 6) is -1.42. The van der Waals surface area contributed by atoms with Crippen molar-refractivity contribution in [1.82, 2.24) is 9.55 Å². The van der Waals surface area contributed by atoms with Crippen molar-refractivity contribution >= 4 is 33.4 Å². The molecule has 2 heterocycles. The Labute approximate surface area is 432 Å². The van der Waals surface area contributed by atoms with E-state index >= 15 is 0 Å². The molecule has 0 radical (unpaired) electrons. The number of hydrogen-bond donors (Lipinski definition) is 6. The number of phosphoric ester groups is 2. The molecular weight excluding hydrogens is 985 g/mol. The average molecular weight is 1070 g/mol. The molecule has 19 nitrogen and oxygen atoms in total. The number of esters is 2. The number of phosphoric acid groups is 2. The van der Waals surface area contributed by atoms with Crippen molar-refractivity contribution in [2.45, 2.75) is 198 Å². The minimum Gasteiger partial charge on any atom is -0.462 e. The smallest absolute Gasteiger partial charge is 0.462 e. The summed E-state index contributed by atoms with van der Waals surface area (Å²) in [6, 6.07) is 1.24. The second-order valence-electron chi connectivity index (χ2n) is 17.8. The highest BCUT2D eigenvalue weighted by molar-refractivity contribution is 7.61. The minimum absolute atomic E-state index is 0.0639. The Balaban J connectivity index is 1.84. The Kier molecular flexibility index (Phi) is 35.4. The summed E-state index contributed by atoms with van der Waals surface area (Å²) in [4.78, 5) is 61.9. The topological polar surface area (TPSA) is 286 Å². The normalized spacial score (nSPS) is 20.0. The third-order valence-electron chi connectivity index (χ3n) is 11.4. The van der Waals surface area contributed by atoms with E-state index in [4.69, 9.17) is 29.0 Å². The lowest BCUT2D eigenvalue weighted by Crippen LogP contribution is -2.36. The summed E-state index contributed by atoms with van der Waals surface area (Å²) in [7, 11) is -10.9. The molecule has 1 aromatic rings. The number of allylic oxidation sites excluding steroid dienone is 10. The first kappa shape index (κ1) is 65.3. The summed E-state index contributed by atoms with van der Waals surface area (Å²) in [6.07, 6.45) is 37.3. The molecule has 0 spiro atoms. The monoisotopic (exact) mass is 1070 g/mol. The van der Waals surface area contributed by atoms with E-state index in [0.717, 1.165) is 75.0 Å². The number of aromatic nitrogens is 2. The van der Waals surface area contributed by atoms with Crippen LogP contribution >= 0.6 is 15.6 Å². The molecule has 1 aromatic heterocycles. The molecule has 1 saturated heterocycles. The summed E-state index contributed by atoms with van der Waals surface area (Å²) >= 11 is 0. The molecule has 73 heavy (non-hydrogen) atoms. The van der Waals surface area contributed by atoms with Crippen molar-refractivity contribution in [3.8, 4) is 0 Å². The molecule has 2 rings (SSSR count). The van der Waals surface area contributed by atoms with Crippen LogP contribution in [0.25, 0.3) is 0 Å². The molecule has 1 aliphatic rings. The van der Waals surface area contributed by atoms with Gasteiger partial charge in [0.1, 0.15) is 30.7 Å². The quantitative estimate of drug-likeness (QED) is 0.0117. The van der Waals surface area contributed by atoms with Crippen molar-refractivity contribution in [3.05, 3.63) is 95.7 Å². The van der Waals surface area contributed by atoms with Crippen LogP contribution in [0.15, 0.2) is 90.0 Å². The van der Waals surface area contributed by atoms with Crippen LogP contribution in [-0.4, -0.2) is 96.9 Å². The van der Waals surface area contributed by atoms with Crippen molar-refractivity contribution in [2.24, 2.45) is 0 Å². The Morgan fingerprint density at radius 1 is 0.740 bits per heavy atom. The van der Waals surface area contributed by atoms with E-state index in [1.807, 2.05) is 36.5 Å². The van der Waals surface area contributed by atoms with Crippen LogP contribution in [0, 0.1) is 0 Å². The van der Waals surface area contributed by atoms with Crippen LogP contribution in [-0.2, 0) is 46.3 Å². The molecule has 1 aliphatic heterocycles. The molecular formula is C52H85N3O16P2. The van der Waals surface area contributed by atoms with Crippen molar-refractivity contribution in [2.75, 3.05) is 25.6 Å². The number of nitrogens with zero attached hydrogens (tertiary/aromatic N) is 2. The number of nitrogen functional groups attached to an aromatic ring is 1. The number of aliphatic hydroxyl groups is 3. The fourth-order valence-electron chi connectivity index (χ4n) is 7.31. The van der Waals surface area contributed by atoms with Gasteiger partial charge in [-0.1, -0.05) is 151 Å². The third-order valence-corrected chi connectivity index (χ3v) is 14.0. The molecule has 21 heteroatoms. The van der Waals surface area contributed by atoms with Crippen molar-refractivity contribution < 1.29 is 71.4 Å². The van der Waals surface area contributed by atoms with Gasteiger partial charge in [-0.05, 0) is 76.7 Å². The summed E-state index contributed by atoms with van der Waals surface area (Å²) in [5.41, 5.74) is 4.58. The second-order valence-corrected chi connectivity index (χ2v) is 20.9. The molecule has 3 unspecified atom stereocenters. The number of rotatable bonds is 42. The Bertz CT molecular complexity index is 2020. The Hall–Kier alpha value is -3.84. The van der Waals surface area contributed by atoms with Gasteiger partial charge in [-0.2, -0.15) is 9.29 Å². The maximum absolute atomic E-state index is 12.9. The molecule has 1 fully saturated rings. The van der Waals surface area contributed by atoms with Crippen LogP contribution in [0.4, 0.5) is 5.82 Å². The SMILES string of the molecule is CC/C=C\C/C=C\CC(O)/C=C/C=C\C/C=C\CCCC(=O)O[C@H](COC(=O)CCCCCCCCC/C=C\CCCCCCCC)COP(=O)(O)OP(=O)(O)OC[C@H]1O[C@@H](n2ccc(N)nc2=O)[C@H](O)[C@@H]1O. The maximum Gasteiger partial charge on any atom is 0.481 e.